The smallest absolute Gasteiger partial charge is 0.253 e. The van der Waals surface area contributed by atoms with Crippen molar-refractivity contribution in [2.45, 2.75) is 30.0 Å². The van der Waals surface area contributed by atoms with Gasteiger partial charge in [0, 0.05) is 6.54 Å². The van der Waals surface area contributed by atoms with Crippen LogP contribution in [0, 0.1) is 6.92 Å². The van der Waals surface area contributed by atoms with Crippen LogP contribution >= 0.6 is 22.7 Å². The maximum Gasteiger partial charge on any atom is 0.253 e. The number of sulfonamides is 1. The van der Waals surface area contributed by atoms with Crippen LogP contribution in [0.4, 0.5) is 5.13 Å². The van der Waals surface area contributed by atoms with E-state index in [1.54, 1.807) is 17.5 Å². The Bertz CT molecular complexity index is 1060. The monoisotopic (exact) mass is 407 g/mol. The topological polar surface area (TPSA) is 79.4 Å². The van der Waals surface area contributed by atoms with E-state index in [1.807, 2.05) is 25.1 Å². The Balaban J connectivity index is 1.56. The van der Waals surface area contributed by atoms with Crippen molar-refractivity contribution < 1.29 is 13.2 Å². The van der Waals surface area contributed by atoms with Gasteiger partial charge in [-0.2, -0.15) is 4.31 Å². The molecule has 1 amide bonds. The normalized spacial score (nSPS) is 18.4. The van der Waals surface area contributed by atoms with E-state index in [4.69, 9.17) is 0 Å². The quantitative estimate of drug-likeness (QED) is 0.718. The van der Waals surface area contributed by atoms with Gasteiger partial charge in [-0.3, -0.25) is 4.79 Å². The molecule has 1 saturated heterocycles. The lowest BCUT2D eigenvalue weighted by atomic mass is 10.2. The number of hydrogen-bond donors (Lipinski definition) is 1. The number of thiazole rings is 1. The molecule has 136 valence electrons. The summed E-state index contributed by atoms with van der Waals surface area (Å²) in [6, 6.07) is 8.48. The fraction of sp³-hybridized carbons (Fsp3) is 0.294. The summed E-state index contributed by atoms with van der Waals surface area (Å²) in [5.74, 6) is -0.321. The third-order valence-electron chi connectivity index (χ3n) is 4.34. The molecule has 1 aliphatic heterocycles. The van der Waals surface area contributed by atoms with Gasteiger partial charge in [-0.05, 0) is 48.9 Å². The summed E-state index contributed by atoms with van der Waals surface area (Å²) >= 11 is 2.56. The lowest BCUT2D eigenvalue weighted by Gasteiger charge is -2.22. The Morgan fingerprint density at radius 3 is 2.96 bits per heavy atom. The van der Waals surface area contributed by atoms with Gasteiger partial charge in [-0.15, -0.1) is 11.3 Å². The number of nitrogens with zero attached hydrogens (tertiary/aromatic N) is 2. The van der Waals surface area contributed by atoms with Gasteiger partial charge in [0.25, 0.3) is 10.0 Å². The molecular formula is C17H17N3O3S3. The summed E-state index contributed by atoms with van der Waals surface area (Å²) < 4.78 is 28.1. The van der Waals surface area contributed by atoms with E-state index in [9.17, 15) is 13.2 Å². The highest BCUT2D eigenvalue weighted by Gasteiger charge is 2.40. The Morgan fingerprint density at radius 1 is 1.35 bits per heavy atom. The molecule has 6 nitrogen and oxygen atoms in total. The van der Waals surface area contributed by atoms with Crippen molar-refractivity contribution >= 4 is 54.0 Å². The minimum absolute atomic E-state index is 0.271. The number of rotatable bonds is 4. The van der Waals surface area contributed by atoms with E-state index in [-0.39, 0.29) is 10.1 Å². The highest BCUT2D eigenvalue weighted by atomic mass is 32.2. The predicted molar refractivity (Wildman–Crippen MR) is 104 cm³/mol. The van der Waals surface area contributed by atoms with Crippen LogP contribution in [-0.4, -0.2) is 36.2 Å². The van der Waals surface area contributed by atoms with Gasteiger partial charge in [0.05, 0.1) is 10.2 Å². The van der Waals surface area contributed by atoms with Crippen molar-refractivity contribution in [1.82, 2.24) is 9.29 Å². The summed E-state index contributed by atoms with van der Waals surface area (Å²) in [5.41, 5.74) is 1.95. The van der Waals surface area contributed by atoms with E-state index in [0.717, 1.165) is 15.8 Å². The zero-order chi connectivity index (χ0) is 18.3. The van der Waals surface area contributed by atoms with Gasteiger partial charge in [-0.1, -0.05) is 23.5 Å². The number of carbonyl (C=O) groups is 1. The van der Waals surface area contributed by atoms with Crippen LogP contribution < -0.4 is 5.32 Å². The van der Waals surface area contributed by atoms with E-state index >= 15 is 0 Å². The van der Waals surface area contributed by atoms with Crippen molar-refractivity contribution in [2.24, 2.45) is 0 Å². The van der Waals surface area contributed by atoms with Crippen molar-refractivity contribution in [1.29, 1.82) is 0 Å². The molecule has 0 bridgehead atoms. The molecule has 1 aliphatic rings. The van der Waals surface area contributed by atoms with Crippen LogP contribution in [0.15, 0.2) is 39.9 Å². The van der Waals surface area contributed by atoms with Crippen LogP contribution in [-0.2, 0) is 14.8 Å². The van der Waals surface area contributed by atoms with Gasteiger partial charge in [0.15, 0.2) is 5.13 Å². The number of fused-ring (bicyclic) bond motifs is 1. The molecule has 3 aromatic rings. The van der Waals surface area contributed by atoms with E-state index in [2.05, 4.69) is 10.3 Å². The van der Waals surface area contributed by atoms with Gasteiger partial charge in [0.2, 0.25) is 5.91 Å². The molecule has 3 heterocycles. The number of thiophene rings is 1. The largest absolute Gasteiger partial charge is 0.301 e. The second-order valence-corrected chi connectivity index (χ2v) is 10.3. The van der Waals surface area contributed by atoms with E-state index in [0.29, 0.717) is 24.5 Å². The number of aryl methyl sites for hydroxylation is 1. The van der Waals surface area contributed by atoms with Gasteiger partial charge < -0.3 is 5.32 Å². The van der Waals surface area contributed by atoms with Crippen molar-refractivity contribution in [2.75, 3.05) is 11.9 Å². The Labute approximate surface area is 159 Å². The van der Waals surface area contributed by atoms with Crippen LogP contribution in [0.25, 0.3) is 10.2 Å². The third kappa shape index (κ3) is 3.16. The molecule has 1 unspecified atom stereocenters. The SMILES string of the molecule is Cc1ccc2nc(NC(=O)C3CCCN3S(=O)(=O)c3cccs3)sc2c1. The lowest BCUT2D eigenvalue weighted by molar-refractivity contribution is -0.119. The molecule has 9 heteroatoms. The number of anilines is 1. The number of amides is 1. The molecule has 4 rings (SSSR count). The van der Waals surface area contributed by atoms with E-state index < -0.39 is 16.1 Å². The van der Waals surface area contributed by atoms with Crippen LogP contribution in [0.5, 0.6) is 0 Å². The molecule has 1 N–H and O–H groups in total. The van der Waals surface area contributed by atoms with E-state index in [1.165, 1.54) is 27.0 Å². The minimum atomic E-state index is -3.64. The average Bonchev–Trinajstić information content (AvgIpc) is 3.34. The highest BCUT2D eigenvalue weighted by Crippen LogP contribution is 2.31. The zero-order valence-corrected chi connectivity index (χ0v) is 16.5. The first-order chi connectivity index (χ1) is 12.4. The molecular weight excluding hydrogens is 390 g/mol. The third-order valence-corrected chi connectivity index (χ3v) is 8.55. The molecule has 0 aliphatic carbocycles. The fourth-order valence-corrected chi connectivity index (χ4v) is 6.83. The van der Waals surface area contributed by atoms with Crippen molar-refractivity contribution in [3.05, 3.63) is 41.3 Å². The second-order valence-electron chi connectivity index (χ2n) is 6.19. The first kappa shape index (κ1) is 17.6. The highest BCUT2D eigenvalue weighted by molar-refractivity contribution is 7.91. The number of benzene rings is 1. The number of carbonyl (C=O) groups excluding carboxylic acids is 1. The summed E-state index contributed by atoms with van der Waals surface area (Å²) in [5, 5.41) is 5.03. The Hall–Kier alpha value is -1.81. The maximum atomic E-state index is 12.8. The zero-order valence-electron chi connectivity index (χ0n) is 14.0. The molecule has 1 fully saturated rings. The minimum Gasteiger partial charge on any atom is -0.301 e. The second kappa shape index (κ2) is 6.73. The molecule has 0 radical (unpaired) electrons. The van der Waals surface area contributed by atoms with Crippen LogP contribution in [0.2, 0.25) is 0 Å². The first-order valence-corrected chi connectivity index (χ1v) is 11.3. The lowest BCUT2D eigenvalue weighted by Crippen LogP contribution is -2.42. The number of aromatic nitrogens is 1. The van der Waals surface area contributed by atoms with Gasteiger partial charge in [0.1, 0.15) is 10.3 Å². The summed E-state index contributed by atoms with van der Waals surface area (Å²) in [6.45, 7) is 2.36. The Kier molecular flexibility index (Phi) is 4.55. The average molecular weight is 408 g/mol. The molecule has 26 heavy (non-hydrogen) atoms. The molecule has 2 aromatic heterocycles. The van der Waals surface area contributed by atoms with Crippen molar-refractivity contribution in [3.63, 3.8) is 0 Å². The van der Waals surface area contributed by atoms with Crippen LogP contribution in [0.3, 0.4) is 0 Å². The molecule has 0 saturated carbocycles. The number of nitrogens with one attached hydrogen (secondary N) is 1. The summed E-state index contributed by atoms with van der Waals surface area (Å²) in [7, 11) is -3.64. The predicted octanol–water partition coefficient (Wildman–Crippen LogP) is 3.46. The summed E-state index contributed by atoms with van der Waals surface area (Å²) in [6.07, 6.45) is 1.18. The maximum absolute atomic E-state index is 12.8. The first-order valence-electron chi connectivity index (χ1n) is 8.18. The molecule has 1 aromatic carbocycles. The van der Waals surface area contributed by atoms with Crippen LogP contribution in [0.1, 0.15) is 18.4 Å². The van der Waals surface area contributed by atoms with Gasteiger partial charge >= 0.3 is 0 Å². The number of hydrogen-bond acceptors (Lipinski definition) is 6. The van der Waals surface area contributed by atoms with Gasteiger partial charge in [-0.25, -0.2) is 13.4 Å². The van der Waals surface area contributed by atoms with Crippen molar-refractivity contribution in [3.8, 4) is 0 Å². The standard InChI is InChI=1S/C17H17N3O3S3/c1-11-6-7-12-14(10-11)25-17(18-12)19-16(21)13-4-2-8-20(13)26(22,23)15-5-3-9-24-15/h3,5-7,9-10,13H,2,4,8H2,1H3,(H,18,19,21). The fourth-order valence-electron chi connectivity index (χ4n) is 3.09. The summed E-state index contributed by atoms with van der Waals surface area (Å²) in [4.78, 5) is 17.2. The Morgan fingerprint density at radius 2 is 2.19 bits per heavy atom. The molecule has 1 atom stereocenters. The molecule has 0 spiro atoms.